The number of hydrogen-bond donors (Lipinski definition) is 1. The Morgan fingerprint density at radius 3 is 0.846 bits per heavy atom. The van der Waals surface area contributed by atoms with Gasteiger partial charge in [-0.3, -0.25) is 0 Å². The summed E-state index contributed by atoms with van der Waals surface area (Å²) in [4.78, 5) is 19.5. The lowest BCUT2D eigenvalue weighted by Crippen LogP contribution is -2.49. The maximum absolute atomic E-state index is 12.9. The fraction of sp³-hybridized carbons (Fsp3) is 0.0959. The van der Waals surface area contributed by atoms with Crippen molar-refractivity contribution in [3.8, 4) is 0 Å². The summed E-state index contributed by atoms with van der Waals surface area (Å²) in [5, 5.41) is 87.7. The number of nitrogens with one attached hydrogen (secondary N) is 1. The maximum Gasteiger partial charge on any atom is 0.407 e. The third kappa shape index (κ3) is 1.80. The van der Waals surface area contributed by atoms with Crippen LogP contribution in [0.1, 0.15) is 54.2 Å². The van der Waals surface area contributed by atoms with Gasteiger partial charge in [-0.1, -0.05) is 12.1 Å². The lowest BCUT2D eigenvalue weighted by molar-refractivity contribution is 0.0523. The highest BCUT2D eigenvalue weighted by Gasteiger charge is 2.75. The van der Waals surface area contributed by atoms with Gasteiger partial charge in [0.15, 0.2) is 11.1 Å². The predicted octanol–water partition coefficient (Wildman–Crippen LogP) is 18.7. The van der Waals surface area contributed by atoms with Crippen LogP contribution in [-0.2, 0) is 27.2 Å². The van der Waals surface area contributed by atoms with Gasteiger partial charge in [0.1, 0.15) is 5.60 Å². The third-order valence-corrected chi connectivity index (χ3v) is 25.7. The SMILES string of the molecule is CC(C)(C)OC(=O)NCc1ccc(C2=NC34c5c6c7c8c9c%10c(c%11c%12c3c3c5c5c%13c6c6c7c7c9c9c%14c%10c%10c%11c%11c%12c%12c3c3c5c5c%13c%13c6c6c7c9c7c9c%14c%10c%10c%11c%11c%12c3c3c5c5c%13c6c7c6c9c%10c%11c3c56)C84O2)cc1. The van der Waals surface area contributed by atoms with Gasteiger partial charge in [-0.2, -0.15) is 0 Å². The minimum Gasteiger partial charge on any atom is -0.457 e. The van der Waals surface area contributed by atoms with Crippen molar-refractivity contribution in [1.82, 2.24) is 5.32 Å². The number of rotatable bonds is 3. The zero-order valence-corrected chi connectivity index (χ0v) is 40.7. The number of ether oxygens (including phenoxy) is 2. The van der Waals surface area contributed by atoms with Crippen molar-refractivity contribution in [3.05, 3.63) is 57.6 Å². The molecule has 5 heteroatoms. The minimum absolute atomic E-state index is 0.373. The average molecular weight is 969 g/mol. The summed E-state index contributed by atoms with van der Waals surface area (Å²) in [6.45, 7) is 6.09. The number of aliphatic imine (C=N–C) groups is 1. The number of benzene rings is 19. The fourth-order valence-electron chi connectivity index (χ4n) is 25.2. The predicted molar refractivity (Wildman–Crippen MR) is 321 cm³/mol. The van der Waals surface area contributed by atoms with E-state index >= 15 is 0 Å². The van der Waals surface area contributed by atoms with Crippen LogP contribution in [0.3, 0.4) is 0 Å². The average Bonchev–Trinajstić information content (AvgIpc) is 1.41. The van der Waals surface area contributed by atoms with Crippen LogP contribution in [0, 0.1) is 0 Å². The Hall–Kier alpha value is -9.58. The van der Waals surface area contributed by atoms with Gasteiger partial charge in [-0.05, 0) is 329 Å². The molecule has 29 aromatic carbocycles. The molecule has 0 unspecified atom stereocenters. The summed E-state index contributed by atoms with van der Waals surface area (Å²) >= 11 is 0. The molecular weight excluding hydrogens is 953 g/mol. The van der Waals surface area contributed by atoms with Gasteiger partial charge in [0.2, 0.25) is 5.90 Å². The quantitative estimate of drug-likeness (QED) is 0.180. The van der Waals surface area contributed by atoms with Crippen molar-refractivity contribution in [1.29, 1.82) is 0 Å². The van der Waals surface area contributed by atoms with Crippen LogP contribution in [-0.4, -0.2) is 17.6 Å². The summed E-state index contributed by atoms with van der Waals surface area (Å²) in [6, 6.07) is 8.74. The van der Waals surface area contributed by atoms with Gasteiger partial charge in [0.05, 0.1) is 0 Å². The summed E-state index contributed by atoms with van der Waals surface area (Å²) in [7, 11) is 0. The summed E-state index contributed by atoms with van der Waals surface area (Å²) in [5.74, 6) is 0.747. The molecule has 0 fully saturated rings. The molecule has 5 aliphatic rings. The van der Waals surface area contributed by atoms with Gasteiger partial charge in [0.25, 0.3) is 0 Å². The van der Waals surface area contributed by atoms with E-state index in [-0.39, 0.29) is 0 Å². The first-order chi connectivity index (χ1) is 38.4. The van der Waals surface area contributed by atoms with Gasteiger partial charge >= 0.3 is 6.09 Å². The molecular formula is C73H16N2O3. The second kappa shape index (κ2) is 7.19. The van der Waals surface area contributed by atoms with E-state index in [0.29, 0.717) is 6.54 Å². The zero-order valence-electron chi connectivity index (χ0n) is 40.7. The van der Waals surface area contributed by atoms with E-state index in [0.717, 1.165) is 17.0 Å². The Labute approximate surface area is 426 Å². The summed E-state index contributed by atoms with van der Waals surface area (Å²) in [6.07, 6.45) is -0.407. The molecule has 34 rings (SSSR count). The lowest BCUT2D eigenvalue weighted by Gasteiger charge is -2.46. The normalized spacial score (nSPS) is 21.4. The van der Waals surface area contributed by atoms with Crippen LogP contribution < -0.4 is 5.32 Å². The van der Waals surface area contributed by atoms with E-state index in [1.807, 2.05) is 20.8 Å². The maximum atomic E-state index is 12.9. The molecule has 5 nitrogen and oxygen atoms in total. The van der Waals surface area contributed by atoms with Gasteiger partial charge < -0.3 is 14.8 Å². The second-order valence-corrected chi connectivity index (χ2v) is 28.2. The largest absolute Gasteiger partial charge is 0.457 e. The van der Waals surface area contributed by atoms with E-state index in [1.54, 1.807) is 226 Å². The Morgan fingerprint density at radius 1 is 0.372 bits per heavy atom. The van der Waals surface area contributed by atoms with Gasteiger partial charge in [-0.15, -0.1) is 0 Å². The number of carbonyl (C=O) groups excluding carboxylic acids is 1. The first kappa shape index (κ1) is 30.8. The molecule has 1 aliphatic heterocycles. The highest BCUT2D eigenvalue weighted by atomic mass is 16.6. The molecule has 0 radical (unpaired) electrons. The van der Waals surface area contributed by atoms with Crippen molar-refractivity contribution < 1.29 is 14.3 Å². The number of amides is 1. The van der Waals surface area contributed by atoms with E-state index in [1.165, 1.54) is 86.9 Å². The molecule has 78 heavy (non-hydrogen) atoms. The number of carbonyl (C=O) groups is 1. The summed E-state index contributed by atoms with van der Waals surface area (Å²) < 4.78 is 14.2. The Morgan fingerprint density at radius 2 is 0.603 bits per heavy atom. The van der Waals surface area contributed by atoms with Gasteiger partial charge in [-0.25, -0.2) is 9.79 Å². The van der Waals surface area contributed by atoms with Crippen LogP contribution in [0.2, 0.25) is 0 Å². The zero-order chi connectivity index (χ0) is 47.7. The molecule has 1 amide bonds. The second-order valence-electron chi connectivity index (χ2n) is 28.2. The Kier molecular flexibility index (Phi) is 2.84. The van der Waals surface area contributed by atoms with Crippen molar-refractivity contribution in [2.75, 3.05) is 0 Å². The van der Waals surface area contributed by atoms with Crippen LogP contribution >= 0.6 is 0 Å². The number of alkyl carbamates (subject to hydrolysis) is 1. The van der Waals surface area contributed by atoms with Crippen LogP contribution in [0.25, 0.3) is 291 Å². The number of hydrogen-bond acceptors (Lipinski definition) is 4. The van der Waals surface area contributed by atoms with E-state index in [4.69, 9.17) is 14.5 Å². The molecule has 1 heterocycles. The van der Waals surface area contributed by atoms with Crippen molar-refractivity contribution in [3.63, 3.8) is 0 Å². The molecule has 0 aromatic heterocycles. The molecule has 0 saturated carbocycles. The van der Waals surface area contributed by atoms with Gasteiger partial charge in [0, 0.05) is 34.4 Å². The van der Waals surface area contributed by atoms with E-state index in [9.17, 15) is 4.79 Å². The highest BCUT2D eigenvalue weighted by molar-refractivity contribution is 6.82. The Bertz CT molecular complexity index is 7580. The number of nitrogens with zero attached hydrogens (tertiary/aromatic N) is 1. The third-order valence-electron chi connectivity index (χ3n) is 25.7. The van der Waals surface area contributed by atoms with Crippen LogP contribution in [0.15, 0.2) is 29.3 Å². The lowest BCUT2D eigenvalue weighted by atomic mass is 9.60. The molecule has 0 saturated heterocycles. The Balaban J connectivity index is 0.959. The molecule has 2 spiro atoms. The summed E-state index contributed by atoms with van der Waals surface area (Å²) in [5.41, 5.74) is 5.45. The van der Waals surface area contributed by atoms with E-state index in [2.05, 4.69) is 29.6 Å². The molecule has 0 atom stereocenters. The van der Waals surface area contributed by atoms with Crippen LogP contribution in [0.5, 0.6) is 0 Å². The standard InChI is InChI=1S/C73H16N2O3/c1-71(2,3)78-70(76)74-8-9-4-6-10(7-5-9)69-75-72-65-57-49-39-29-21-13-11-12-15-19-17(13)25-33-27(19)37-31-23(15)24-16(12)20-18-14(11)22(21)30-36-26(18)34-28(20)38-32(24)42-41(31)53-47(37)55-45(33)51(43(49)35(25)29)59(65)61(55)67-63(53)64-54(42)48(38)56-46(34)52-44(36)50(40(30)39)58(57)66(72)60(52)62(56)68(64)73(67,72)77-69/h4-7H,8H2,1-3H3,(H,74,76). The van der Waals surface area contributed by atoms with Crippen molar-refractivity contribution in [2.45, 2.75) is 44.1 Å². The van der Waals surface area contributed by atoms with E-state index < -0.39 is 22.8 Å². The molecule has 0 bridgehead atoms. The van der Waals surface area contributed by atoms with Crippen molar-refractivity contribution in [2.24, 2.45) is 4.99 Å². The minimum atomic E-state index is -0.926. The monoisotopic (exact) mass is 968 g/mol. The molecule has 4 aliphatic carbocycles. The highest BCUT2D eigenvalue weighted by Crippen LogP contribution is 2.85. The molecule has 1 N–H and O–H groups in total. The first-order valence-corrected chi connectivity index (χ1v) is 28.5. The fourth-order valence-corrected chi connectivity index (χ4v) is 25.2. The van der Waals surface area contributed by atoms with Crippen molar-refractivity contribution >= 4 is 303 Å². The molecule has 29 aromatic rings. The van der Waals surface area contributed by atoms with Crippen LogP contribution in [0.4, 0.5) is 4.79 Å². The first-order valence-electron chi connectivity index (χ1n) is 28.5. The topological polar surface area (TPSA) is 59.9 Å². The smallest absolute Gasteiger partial charge is 0.407 e. The molecule has 336 valence electrons.